The van der Waals surface area contributed by atoms with Gasteiger partial charge in [0.05, 0.1) is 0 Å². The van der Waals surface area contributed by atoms with Crippen LogP contribution in [0.15, 0.2) is 160 Å². The fraction of sp³-hybridized carbons (Fsp3) is 0. The molecule has 0 unspecified atom stereocenters. The summed E-state index contributed by atoms with van der Waals surface area (Å²) in [5, 5.41) is 6.47. The van der Waals surface area contributed by atoms with Crippen molar-refractivity contribution in [3.8, 4) is 45.3 Å². The molecule has 0 radical (unpaired) electrons. The standard InChI is InChI=1S/C43H25N3O2/c1-3-11-26(12-4-1)41-44-42(27-13-5-2-6-14-27)46-43(45-41)34-22-21-31(40-39(34)33-16-8-10-18-37(33)48-40)29-20-19-28-25-38-35(24-30(28)23-29)32-15-7-9-17-36(32)47-38/h1-25H. The highest BCUT2D eigenvalue weighted by Gasteiger charge is 2.21. The van der Waals surface area contributed by atoms with Gasteiger partial charge in [0.1, 0.15) is 22.3 Å². The monoisotopic (exact) mass is 615 g/mol. The zero-order chi connectivity index (χ0) is 31.6. The maximum atomic E-state index is 6.67. The number of aromatic nitrogens is 3. The fourth-order valence-electron chi connectivity index (χ4n) is 6.81. The summed E-state index contributed by atoms with van der Waals surface area (Å²) in [4.78, 5) is 15.0. The highest BCUT2D eigenvalue weighted by molar-refractivity contribution is 6.16. The Labute approximate surface area is 274 Å². The Bertz CT molecular complexity index is 2780. The summed E-state index contributed by atoms with van der Waals surface area (Å²) in [5.74, 6) is 1.84. The molecule has 224 valence electrons. The Morgan fingerprint density at radius 1 is 0.354 bits per heavy atom. The van der Waals surface area contributed by atoms with E-state index < -0.39 is 0 Å². The largest absolute Gasteiger partial charge is 0.456 e. The van der Waals surface area contributed by atoms with Crippen molar-refractivity contribution >= 4 is 54.6 Å². The molecule has 5 nitrogen and oxygen atoms in total. The Morgan fingerprint density at radius 3 is 1.69 bits per heavy atom. The maximum Gasteiger partial charge on any atom is 0.164 e. The third-order valence-electron chi connectivity index (χ3n) is 9.11. The second kappa shape index (κ2) is 10.5. The van der Waals surface area contributed by atoms with E-state index in [0.29, 0.717) is 17.5 Å². The van der Waals surface area contributed by atoms with Crippen molar-refractivity contribution in [3.63, 3.8) is 0 Å². The molecule has 0 bridgehead atoms. The molecule has 10 rings (SSSR count). The fourth-order valence-corrected chi connectivity index (χ4v) is 6.81. The van der Waals surface area contributed by atoms with Gasteiger partial charge in [0.2, 0.25) is 0 Å². The molecular weight excluding hydrogens is 590 g/mol. The number of rotatable bonds is 4. The SMILES string of the molecule is c1ccc(-c2nc(-c3ccccc3)nc(-c3ccc(-c4ccc5cc6oc7ccccc7c6cc5c4)c4oc5ccccc5c34)n2)cc1. The minimum atomic E-state index is 0.596. The van der Waals surface area contributed by atoms with Gasteiger partial charge in [-0.05, 0) is 58.8 Å². The Morgan fingerprint density at radius 2 is 0.958 bits per heavy atom. The van der Waals surface area contributed by atoms with Crippen molar-refractivity contribution in [1.82, 2.24) is 15.0 Å². The summed E-state index contributed by atoms with van der Waals surface area (Å²) >= 11 is 0. The van der Waals surface area contributed by atoms with Gasteiger partial charge in [-0.3, -0.25) is 0 Å². The summed E-state index contributed by atoms with van der Waals surface area (Å²) in [6, 6.07) is 51.6. The second-order valence-electron chi connectivity index (χ2n) is 12.0. The minimum absolute atomic E-state index is 0.596. The molecule has 3 heterocycles. The highest BCUT2D eigenvalue weighted by Crippen LogP contribution is 2.42. The van der Waals surface area contributed by atoms with E-state index in [-0.39, 0.29) is 0 Å². The van der Waals surface area contributed by atoms with Crippen LogP contribution in [0, 0.1) is 0 Å². The lowest BCUT2D eigenvalue weighted by Crippen LogP contribution is -2.00. The van der Waals surface area contributed by atoms with Crippen molar-refractivity contribution in [2.24, 2.45) is 0 Å². The molecule has 0 spiro atoms. The first kappa shape index (κ1) is 26.6. The van der Waals surface area contributed by atoms with Gasteiger partial charge >= 0.3 is 0 Å². The smallest absolute Gasteiger partial charge is 0.164 e. The van der Waals surface area contributed by atoms with E-state index in [0.717, 1.165) is 82.5 Å². The molecule has 48 heavy (non-hydrogen) atoms. The van der Waals surface area contributed by atoms with Gasteiger partial charge in [-0.2, -0.15) is 0 Å². The third-order valence-corrected chi connectivity index (χ3v) is 9.11. The number of nitrogens with zero attached hydrogens (tertiary/aromatic N) is 3. The maximum absolute atomic E-state index is 6.67. The van der Waals surface area contributed by atoms with Gasteiger partial charge in [0.25, 0.3) is 0 Å². The van der Waals surface area contributed by atoms with Crippen LogP contribution in [0.25, 0.3) is 99.9 Å². The quantitative estimate of drug-likeness (QED) is 0.197. The zero-order valence-electron chi connectivity index (χ0n) is 25.6. The molecule has 0 aliphatic rings. The van der Waals surface area contributed by atoms with E-state index in [1.54, 1.807) is 0 Å². The van der Waals surface area contributed by atoms with Crippen LogP contribution < -0.4 is 0 Å². The number of hydrogen-bond acceptors (Lipinski definition) is 5. The first-order chi connectivity index (χ1) is 23.8. The Kier molecular flexibility index (Phi) is 5.81. The minimum Gasteiger partial charge on any atom is -0.456 e. The first-order valence-corrected chi connectivity index (χ1v) is 15.9. The van der Waals surface area contributed by atoms with Crippen molar-refractivity contribution in [2.75, 3.05) is 0 Å². The van der Waals surface area contributed by atoms with Gasteiger partial charge in [-0.15, -0.1) is 0 Å². The molecule has 7 aromatic carbocycles. The van der Waals surface area contributed by atoms with Crippen LogP contribution >= 0.6 is 0 Å². The van der Waals surface area contributed by atoms with Crippen LogP contribution in [0.4, 0.5) is 0 Å². The predicted octanol–water partition coefficient (Wildman–Crippen LogP) is 11.5. The van der Waals surface area contributed by atoms with Crippen molar-refractivity contribution in [1.29, 1.82) is 0 Å². The third kappa shape index (κ3) is 4.22. The average Bonchev–Trinajstić information content (AvgIpc) is 3.72. The second-order valence-corrected chi connectivity index (χ2v) is 12.0. The number of para-hydroxylation sites is 2. The topological polar surface area (TPSA) is 65.0 Å². The molecule has 0 aliphatic heterocycles. The van der Waals surface area contributed by atoms with Crippen LogP contribution in [-0.2, 0) is 0 Å². The lowest BCUT2D eigenvalue weighted by molar-refractivity contribution is 0.669. The van der Waals surface area contributed by atoms with Gasteiger partial charge in [0.15, 0.2) is 17.5 Å². The predicted molar refractivity (Wildman–Crippen MR) is 194 cm³/mol. The summed E-state index contributed by atoms with van der Waals surface area (Å²) < 4.78 is 12.8. The molecule has 0 saturated heterocycles. The molecule has 0 atom stereocenters. The average molecular weight is 616 g/mol. The number of benzene rings is 7. The van der Waals surface area contributed by atoms with Crippen LogP contribution in [0.3, 0.4) is 0 Å². The van der Waals surface area contributed by atoms with Gasteiger partial charge in [-0.25, -0.2) is 15.0 Å². The summed E-state index contributed by atoms with van der Waals surface area (Å²) in [6.07, 6.45) is 0. The van der Waals surface area contributed by atoms with E-state index in [1.807, 2.05) is 91.0 Å². The molecule has 0 aliphatic carbocycles. The van der Waals surface area contributed by atoms with Gasteiger partial charge in [-0.1, -0.05) is 109 Å². The molecular formula is C43H25N3O2. The van der Waals surface area contributed by atoms with Gasteiger partial charge in [0, 0.05) is 43.8 Å². The van der Waals surface area contributed by atoms with E-state index in [1.165, 1.54) is 0 Å². The summed E-state index contributed by atoms with van der Waals surface area (Å²) in [7, 11) is 0. The van der Waals surface area contributed by atoms with Crippen molar-refractivity contribution in [2.45, 2.75) is 0 Å². The molecule has 3 aromatic heterocycles. The molecule has 0 N–H and O–H groups in total. The molecule has 0 amide bonds. The lowest BCUT2D eigenvalue weighted by Gasteiger charge is -2.11. The number of fused-ring (bicyclic) bond motifs is 7. The van der Waals surface area contributed by atoms with Crippen molar-refractivity contribution in [3.05, 3.63) is 152 Å². The molecule has 0 saturated carbocycles. The molecule has 10 aromatic rings. The molecule has 5 heteroatoms. The van der Waals surface area contributed by atoms with E-state index in [2.05, 4.69) is 60.7 Å². The zero-order valence-corrected chi connectivity index (χ0v) is 25.6. The van der Waals surface area contributed by atoms with Crippen LogP contribution in [-0.4, -0.2) is 15.0 Å². The van der Waals surface area contributed by atoms with E-state index in [4.69, 9.17) is 23.8 Å². The summed E-state index contributed by atoms with van der Waals surface area (Å²) in [6.45, 7) is 0. The van der Waals surface area contributed by atoms with E-state index >= 15 is 0 Å². The normalized spacial score (nSPS) is 11.8. The Balaban J connectivity index is 1.21. The lowest BCUT2D eigenvalue weighted by atomic mass is 9.96. The first-order valence-electron chi connectivity index (χ1n) is 15.9. The van der Waals surface area contributed by atoms with Crippen molar-refractivity contribution < 1.29 is 8.83 Å². The van der Waals surface area contributed by atoms with Crippen LogP contribution in [0.2, 0.25) is 0 Å². The highest BCUT2D eigenvalue weighted by atomic mass is 16.3. The molecule has 0 fully saturated rings. The van der Waals surface area contributed by atoms with Crippen LogP contribution in [0.1, 0.15) is 0 Å². The Hall–Kier alpha value is -6.59. The van der Waals surface area contributed by atoms with Gasteiger partial charge < -0.3 is 8.83 Å². The van der Waals surface area contributed by atoms with E-state index in [9.17, 15) is 0 Å². The summed E-state index contributed by atoms with van der Waals surface area (Å²) in [5.41, 5.74) is 8.22. The number of furan rings is 2. The number of hydrogen-bond donors (Lipinski definition) is 0. The van der Waals surface area contributed by atoms with Crippen LogP contribution in [0.5, 0.6) is 0 Å².